The number of hydrogen-bond acceptors (Lipinski definition) is 4. The standard InChI is InChI=1S/C20H32F2N4O2/c1-5-23-19(25-14-20(3,4)26-8-10-27-11-9-26)24-13-16-12-15(2)6-7-17(16)28-18(21)22/h6-7,12,18H,5,8-11,13-14H2,1-4H3,(H2,23,24,25). The van der Waals surface area contributed by atoms with E-state index < -0.39 is 6.61 Å². The Morgan fingerprint density at radius 1 is 1.29 bits per heavy atom. The Balaban J connectivity index is 2.05. The van der Waals surface area contributed by atoms with Gasteiger partial charge < -0.3 is 20.1 Å². The first-order chi connectivity index (χ1) is 13.3. The maximum atomic E-state index is 12.7. The summed E-state index contributed by atoms with van der Waals surface area (Å²) in [5.41, 5.74) is 1.54. The minimum Gasteiger partial charge on any atom is -0.434 e. The predicted octanol–water partition coefficient (Wildman–Crippen LogP) is 2.76. The Bertz CT molecular complexity index is 647. The van der Waals surface area contributed by atoms with Crippen molar-refractivity contribution in [3.8, 4) is 5.75 Å². The van der Waals surface area contributed by atoms with E-state index in [9.17, 15) is 8.78 Å². The van der Waals surface area contributed by atoms with Gasteiger partial charge in [-0.25, -0.2) is 4.99 Å². The van der Waals surface area contributed by atoms with Crippen LogP contribution in [0.2, 0.25) is 0 Å². The van der Waals surface area contributed by atoms with Gasteiger partial charge in [-0.3, -0.25) is 4.90 Å². The number of ether oxygens (including phenoxy) is 2. The van der Waals surface area contributed by atoms with Gasteiger partial charge in [0.2, 0.25) is 0 Å². The van der Waals surface area contributed by atoms with E-state index in [0.29, 0.717) is 24.6 Å². The van der Waals surface area contributed by atoms with Crippen LogP contribution in [0, 0.1) is 6.92 Å². The van der Waals surface area contributed by atoms with Gasteiger partial charge in [0.15, 0.2) is 5.96 Å². The summed E-state index contributed by atoms with van der Waals surface area (Å²) in [7, 11) is 0. The van der Waals surface area contributed by atoms with E-state index in [4.69, 9.17) is 4.74 Å². The molecule has 2 rings (SSSR count). The molecule has 28 heavy (non-hydrogen) atoms. The van der Waals surface area contributed by atoms with Crippen LogP contribution in [-0.4, -0.2) is 62.4 Å². The predicted molar refractivity (Wildman–Crippen MR) is 107 cm³/mol. The molecule has 1 aliphatic heterocycles. The highest BCUT2D eigenvalue weighted by atomic mass is 19.3. The first kappa shape index (κ1) is 22.4. The number of benzene rings is 1. The van der Waals surface area contributed by atoms with Crippen LogP contribution >= 0.6 is 0 Å². The van der Waals surface area contributed by atoms with Crippen molar-refractivity contribution in [1.29, 1.82) is 0 Å². The molecule has 1 aromatic rings. The Kier molecular flexibility index (Phi) is 8.44. The lowest BCUT2D eigenvalue weighted by Crippen LogP contribution is -2.56. The molecule has 158 valence electrons. The van der Waals surface area contributed by atoms with Gasteiger partial charge in [-0.05, 0) is 33.8 Å². The lowest BCUT2D eigenvalue weighted by atomic mass is 10.0. The average molecular weight is 398 g/mol. The molecule has 0 saturated carbocycles. The number of halogens is 2. The summed E-state index contributed by atoms with van der Waals surface area (Å²) in [6, 6.07) is 5.13. The van der Waals surface area contributed by atoms with Crippen molar-refractivity contribution in [3.63, 3.8) is 0 Å². The molecule has 0 bridgehead atoms. The van der Waals surface area contributed by atoms with E-state index in [-0.39, 0.29) is 17.8 Å². The molecule has 1 fully saturated rings. The van der Waals surface area contributed by atoms with Gasteiger partial charge in [0.25, 0.3) is 0 Å². The molecule has 8 heteroatoms. The van der Waals surface area contributed by atoms with Gasteiger partial charge in [-0.2, -0.15) is 8.78 Å². The zero-order valence-corrected chi connectivity index (χ0v) is 17.2. The Labute approximate surface area is 166 Å². The highest BCUT2D eigenvalue weighted by molar-refractivity contribution is 5.79. The van der Waals surface area contributed by atoms with Crippen molar-refractivity contribution in [1.82, 2.24) is 15.5 Å². The van der Waals surface area contributed by atoms with E-state index in [1.54, 1.807) is 12.1 Å². The van der Waals surface area contributed by atoms with Crippen LogP contribution < -0.4 is 15.4 Å². The van der Waals surface area contributed by atoms with Crippen molar-refractivity contribution in [2.45, 2.75) is 46.4 Å². The third-order valence-corrected chi connectivity index (χ3v) is 4.74. The minimum atomic E-state index is -2.86. The van der Waals surface area contributed by atoms with Crippen molar-refractivity contribution < 1.29 is 18.3 Å². The number of guanidine groups is 1. The molecule has 0 amide bonds. The maximum Gasteiger partial charge on any atom is 0.387 e. The van der Waals surface area contributed by atoms with Gasteiger partial charge in [0.05, 0.1) is 19.8 Å². The number of aliphatic imine (C=N–C) groups is 1. The second-order valence-corrected chi connectivity index (χ2v) is 7.45. The van der Waals surface area contributed by atoms with Gasteiger partial charge in [0, 0.05) is 37.3 Å². The molecule has 0 spiro atoms. The third kappa shape index (κ3) is 6.91. The number of hydrogen-bond donors (Lipinski definition) is 2. The number of nitrogens with zero attached hydrogens (tertiary/aromatic N) is 2. The molecule has 2 N–H and O–H groups in total. The molecule has 0 atom stereocenters. The molecular weight excluding hydrogens is 366 g/mol. The Hall–Kier alpha value is -1.93. The minimum absolute atomic E-state index is 0.0622. The lowest BCUT2D eigenvalue weighted by molar-refractivity contribution is -0.0504. The number of nitrogens with one attached hydrogen (secondary N) is 2. The van der Waals surface area contributed by atoms with Crippen LogP contribution in [0.5, 0.6) is 5.75 Å². The van der Waals surface area contributed by atoms with Crippen LogP contribution in [0.4, 0.5) is 8.78 Å². The highest BCUT2D eigenvalue weighted by Gasteiger charge is 2.28. The Morgan fingerprint density at radius 2 is 2.00 bits per heavy atom. The molecular formula is C20H32F2N4O2. The summed E-state index contributed by atoms with van der Waals surface area (Å²) in [6.07, 6.45) is 0. The molecule has 1 saturated heterocycles. The van der Waals surface area contributed by atoms with Crippen molar-refractivity contribution in [3.05, 3.63) is 29.3 Å². The molecule has 0 aromatic heterocycles. The summed E-state index contributed by atoms with van der Waals surface area (Å²) in [6.45, 7) is 10.4. The zero-order valence-electron chi connectivity index (χ0n) is 17.2. The molecule has 1 heterocycles. The van der Waals surface area contributed by atoms with Crippen molar-refractivity contribution in [2.75, 3.05) is 39.4 Å². The SMILES string of the molecule is CCNC(=NCc1cc(C)ccc1OC(F)F)NCC(C)(C)N1CCOCC1. The van der Waals surface area contributed by atoms with E-state index in [0.717, 1.165) is 31.9 Å². The second-order valence-electron chi connectivity index (χ2n) is 7.45. The van der Waals surface area contributed by atoms with Crippen LogP contribution in [0.3, 0.4) is 0 Å². The average Bonchev–Trinajstić information content (AvgIpc) is 2.66. The molecule has 6 nitrogen and oxygen atoms in total. The quantitative estimate of drug-likeness (QED) is 0.521. The molecule has 0 unspecified atom stereocenters. The maximum absolute atomic E-state index is 12.7. The van der Waals surface area contributed by atoms with Crippen LogP contribution in [0.1, 0.15) is 31.9 Å². The van der Waals surface area contributed by atoms with Gasteiger partial charge in [-0.1, -0.05) is 17.7 Å². The first-order valence-electron chi connectivity index (χ1n) is 9.71. The fraction of sp³-hybridized carbons (Fsp3) is 0.650. The topological polar surface area (TPSA) is 58.1 Å². The number of morpholine rings is 1. The summed E-state index contributed by atoms with van der Waals surface area (Å²) in [5.74, 6) is 0.808. The monoisotopic (exact) mass is 398 g/mol. The lowest BCUT2D eigenvalue weighted by Gasteiger charge is -2.41. The fourth-order valence-corrected chi connectivity index (χ4v) is 3.13. The number of rotatable bonds is 8. The largest absolute Gasteiger partial charge is 0.434 e. The smallest absolute Gasteiger partial charge is 0.387 e. The van der Waals surface area contributed by atoms with Gasteiger partial charge in [0.1, 0.15) is 5.75 Å². The van der Waals surface area contributed by atoms with E-state index in [1.807, 2.05) is 19.9 Å². The summed E-state index contributed by atoms with van der Waals surface area (Å²) in [4.78, 5) is 6.96. The number of alkyl halides is 2. The van der Waals surface area contributed by atoms with E-state index in [1.165, 1.54) is 0 Å². The highest BCUT2D eigenvalue weighted by Crippen LogP contribution is 2.23. The summed E-state index contributed by atoms with van der Waals surface area (Å²) in [5, 5.41) is 6.58. The third-order valence-electron chi connectivity index (χ3n) is 4.74. The molecule has 0 aliphatic carbocycles. The van der Waals surface area contributed by atoms with E-state index >= 15 is 0 Å². The molecule has 0 radical (unpaired) electrons. The summed E-state index contributed by atoms with van der Waals surface area (Å²) >= 11 is 0. The fourth-order valence-electron chi connectivity index (χ4n) is 3.13. The number of aryl methyl sites for hydroxylation is 1. The van der Waals surface area contributed by atoms with Crippen molar-refractivity contribution in [2.24, 2.45) is 4.99 Å². The summed E-state index contributed by atoms with van der Waals surface area (Å²) < 4.78 is 35.4. The zero-order chi connectivity index (χ0) is 20.6. The van der Waals surface area contributed by atoms with Crippen molar-refractivity contribution >= 4 is 5.96 Å². The van der Waals surface area contributed by atoms with Gasteiger partial charge >= 0.3 is 6.61 Å². The second kappa shape index (κ2) is 10.6. The first-order valence-corrected chi connectivity index (χ1v) is 9.71. The van der Waals surface area contributed by atoms with Gasteiger partial charge in [-0.15, -0.1) is 0 Å². The van der Waals surface area contributed by atoms with Crippen LogP contribution in [0.15, 0.2) is 23.2 Å². The molecule has 1 aliphatic rings. The van der Waals surface area contributed by atoms with E-state index in [2.05, 4.69) is 39.1 Å². The van der Waals surface area contributed by atoms with Crippen LogP contribution in [-0.2, 0) is 11.3 Å². The normalized spacial score (nSPS) is 16.3. The van der Waals surface area contributed by atoms with Crippen LogP contribution in [0.25, 0.3) is 0 Å². The molecule has 1 aromatic carbocycles. The Morgan fingerprint density at radius 3 is 2.64 bits per heavy atom.